The largest absolute Gasteiger partial charge is 0.465 e. The molecule has 9 heteroatoms. The number of carbonyl (C=O) groups excluding carboxylic acids is 2. The number of benzene rings is 1. The van der Waals surface area contributed by atoms with Crippen molar-refractivity contribution in [3.05, 3.63) is 35.7 Å². The number of ether oxygens (including phenoxy) is 2. The predicted molar refractivity (Wildman–Crippen MR) is 97.6 cm³/mol. The number of aromatic nitrogens is 2. The summed E-state index contributed by atoms with van der Waals surface area (Å²) < 4.78 is 9.44. The molecular formula is C17H21N5O4. The number of esters is 2. The van der Waals surface area contributed by atoms with Gasteiger partial charge in [-0.1, -0.05) is 6.92 Å². The molecule has 0 bridgehead atoms. The minimum atomic E-state index is -0.584. The zero-order chi connectivity index (χ0) is 19.1. The van der Waals surface area contributed by atoms with Crippen LogP contribution in [-0.4, -0.2) is 42.7 Å². The number of nitrogen functional groups attached to an aromatic ring is 1. The number of nitrogens with two attached hydrogens (primary N) is 1. The molecule has 0 unspecified atom stereocenters. The first kappa shape index (κ1) is 19.0. The van der Waals surface area contributed by atoms with Crippen LogP contribution in [0.25, 0.3) is 0 Å². The molecule has 0 atom stereocenters. The van der Waals surface area contributed by atoms with Gasteiger partial charge >= 0.3 is 11.9 Å². The van der Waals surface area contributed by atoms with Crippen molar-refractivity contribution in [1.29, 1.82) is 0 Å². The Bertz CT molecular complexity index is 775. The van der Waals surface area contributed by atoms with Crippen molar-refractivity contribution in [2.75, 3.05) is 37.1 Å². The number of nitrogens with one attached hydrogen (secondary N) is 2. The van der Waals surface area contributed by atoms with Crippen molar-refractivity contribution < 1.29 is 19.1 Å². The van der Waals surface area contributed by atoms with Gasteiger partial charge in [-0.2, -0.15) is 0 Å². The topological polar surface area (TPSA) is 128 Å². The van der Waals surface area contributed by atoms with E-state index in [9.17, 15) is 9.59 Å². The Morgan fingerprint density at radius 1 is 1.04 bits per heavy atom. The van der Waals surface area contributed by atoms with Gasteiger partial charge in [-0.15, -0.1) is 0 Å². The highest BCUT2D eigenvalue weighted by atomic mass is 16.5. The number of hydrogen-bond acceptors (Lipinski definition) is 9. The van der Waals surface area contributed by atoms with Gasteiger partial charge in [0, 0.05) is 12.2 Å². The molecule has 2 aromatic rings. The van der Waals surface area contributed by atoms with Gasteiger partial charge in [0.1, 0.15) is 12.0 Å². The van der Waals surface area contributed by atoms with Crippen LogP contribution in [0.4, 0.5) is 23.0 Å². The van der Waals surface area contributed by atoms with Crippen LogP contribution in [0.2, 0.25) is 0 Å². The summed E-state index contributed by atoms with van der Waals surface area (Å²) in [6.07, 6.45) is 2.28. The van der Waals surface area contributed by atoms with Crippen molar-refractivity contribution >= 4 is 34.9 Å². The van der Waals surface area contributed by atoms with Crippen LogP contribution in [0.5, 0.6) is 0 Å². The van der Waals surface area contributed by atoms with Crippen LogP contribution in [-0.2, 0) is 9.47 Å². The predicted octanol–water partition coefficient (Wildman–Crippen LogP) is 2.20. The normalized spacial score (nSPS) is 10.1. The fourth-order valence-corrected chi connectivity index (χ4v) is 2.19. The molecule has 2 rings (SSSR count). The fourth-order valence-electron chi connectivity index (χ4n) is 2.19. The quantitative estimate of drug-likeness (QED) is 0.637. The zero-order valence-corrected chi connectivity index (χ0v) is 14.8. The minimum absolute atomic E-state index is 0.190. The van der Waals surface area contributed by atoms with E-state index in [4.69, 9.17) is 15.2 Å². The van der Waals surface area contributed by atoms with Crippen LogP contribution < -0.4 is 16.4 Å². The molecule has 0 saturated heterocycles. The lowest BCUT2D eigenvalue weighted by Gasteiger charge is -2.13. The molecule has 0 aliphatic carbocycles. The monoisotopic (exact) mass is 359 g/mol. The van der Waals surface area contributed by atoms with Crippen LogP contribution >= 0.6 is 0 Å². The summed E-state index contributed by atoms with van der Waals surface area (Å²) in [6, 6.07) is 4.44. The SMILES string of the molecule is CCCNc1ncnc(Nc2cc(C(=O)OC)cc(C(=O)OC)c2)c1N. The molecule has 1 heterocycles. The lowest BCUT2D eigenvalue weighted by molar-refractivity contribution is 0.0599. The number of hydrogen-bond donors (Lipinski definition) is 3. The molecule has 0 radical (unpaired) electrons. The standard InChI is InChI=1S/C17H21N5O4/c1-4-5-19-14-13(18)15(21-9-20-14)22-12-7-10(16(23)25-2)6-11(8-12)17(24)26-3/h6-9H,4-5,18H2,1-3H3,(H2,19,20,21,22). The van der Waals surface area contributed by atoms with Crippen molar-refractivity contribution in [2.45, 2.75) is 13.3 Å². The first-order valence-corrected chi connectivity index (χ1v) is 7.93. The summed E-state index contributed by atoms with van der Waals surface area (Å²) in [6.45, 7) is 2.74. The van der Waals surface area contributed by atoms with Gasteiger partial charge in [0.25, 0.3) is 0 Å². The Kier molecular flexibility index (Phi) is 6.31. The summed E-state index contributed by atoms with van der Waals surface area (Å²) in [5.74, 6) is -0.322. The third-order valence-electron chi connectivity index (χ3n) is 3.46. The van der Waals surface area contributed by atoms with E-state index >= 15 is 0 Å². The van der Waals surface area contributed by atoms with Crippen molar-refractivity contribution in [3.8, 4) is 0 Å². The summed E-state index contributed by atoms with van der Waals surface area (Å²) in [7, 11) is 2.52. The molecule has 1 aromatic carbocycles. The number of carbonyl (C=O) groups is 2. The third-order valence-corrected chi connectivity index (χ3v) is 3.46. The second-order valence-electron chi connectivity index (χ2n) is 5.32. The Balaban J connectivity index is 2.39. The Morgan fingerprint density at radius 3 is 2.15 bits per heavy atom. The van der Waals surface area contributed by atoms with Crippen LogP contribution in [0, 0.1) is 0 Å². The molecule has 0 aliphatic rings. The van der Waals surface area contributed by atoms with E-state index < -0.39 is 11.9 Å². The highest BCUT2D eigenvalue weighted by Gasteiger charge is 2.15. The van der Waals surface area contributed by atoms with Crippen molar-refractivity contribution in [3.63, 3.8) is 0 Å². The molecule has 138 valence electrons. The first-order chi connectivity index (χ1) is 12.5. The van der Waals surface area contributed by atoms with Crippen LogP contribution in [0.3, 0.4) is 0 Å². The minimum Gasteiger partial charge on any atom is -0.465 e. The second kappa shape index (κ2) is 8.65. The van der Waals surface area contributed by atoms with Gasteiger partial charge in [-0.05, 0) is 24.6 Å². The zero-order valence-electron chi connectivity index (χ0n) is 14.8. The highest BCUT2D eigenvalue weighted by Crippen LogP contribution is 2.27. The Hall–Kier alpha value is -3.36. The van der Waals surface area contributed by atoms with Crippen LogP contribution in [0.15, 0.2) is 24.5 Å². The summed E-state index contributed by atoms with van der Waals surface area (Å²) in [5, 5.41) is 6.10. The number of anilines is 4. The Morgan fingerprint density at radius 2 is 1.62 bits per heavy atom. The van der Waals surface area contributed by atoms with Gasteiger partial charge in [0.05, 0.1) is 25.3 Å². The fraction of sp³-hybridized carbons (Fsp3) is 0.294. The number of rotatable bonds is 7. The molecule has 4 N–H and O–H groups in total. The van der Waals surface area contributed by atoms with E-state index in [-0.39, 0.29) is 11.1 Å². The van der Waals surface area contributed by atoms with E-state index in [0.29, 0.717) is 29.6 Å². The van der Waals surface area contributed by atoms with E-state index in [1.807, 2.05) is 6.92 Å². The molecule has 26 heavy (non-hydrogen) atoms. The maximum atomic E-state index is 11.9. The van der Waals surface area contributed by atoms with Crippen LogP contribution in [0.1, 0.15) is 34.1 Å². The average Bonchev–Trinajstić information content (AvgIpc) is 2.67. The summed E-state index contributed by atoms with van der Waals surface area (Å²) in [5.41, 5.74) is 7.22. The summed E-state index contributed by atoms with van der Waals surface area (Å²) >= 11 is 0. The molecule has 0 fully saturated rings. The van der Waals surface area contributed by atoms with Gasteiger partial charge in [0.2, 0.25) is 0 Å². The van der Waals surface area contributed by atoms with E-state index in [1.165, 1.54) is 38.7 Å². The van der Waals surface area contributed by atoms with Crippen molar-refractivity contribution in [1.82, 2.24) is 9.97 Å². The molecule has 0 aliphatic heterocycles. The lowest BCUT2D eigenvalue weighted by Crippen LogP contribution is -2.10. The van der Waals surface area contributed by atoms with E-state index in [1.54, 1.807) is 0 Å². The molecule has 0 spiro atoms. The smallest absolute Gasteiger partial charge is 0.337 e. The maximum absolute atomic E-state index is 11.9. The number of nitrogens with zero attached hydrogens (tertiary/aromatic N) is 2. The van der Waals surface area contributed by atoms with Gasteiger partial charge in [-0.25, -0.2) is 19.6 Å². The highest BCUT2D eigenvalue weighted by molar-refractivity contribution is 5.97. The van der Waals surface area contributed by atoms with Gasteiger partial charge < -0.3 is 25.8 Å². The molecule has 9 nitrogen and oxygen atoms in total. The van der Waals surface area contributed by atoms with Gasteiger partial charge in [-0.3, -0.25) is 0 Å². The molecular weight excluding hydrogens is 338 g/mol. The van der Waals surface area contributed by atoms with Gasteiger partial charge in [0.15, 0.2) is 11.6 Å². The Labute approximate surface area is 150 Å². The van der Waals surface area contributed by atoms with Crippen molar-refractivity contribution in [2.24, 2.45) is 0 Å². The lowest BCUT2D eigenvalue weighted by atomic mass is 10.1. The maximum Gasteiger partial charge on any atom is 0.337 e. The number of methoxy groups -OCH3 is 2. The summed E-state index contributed by atoms with van der Waals surface area (Å²) in [4.78, 5) is 31.9. The molecule has 0 amide bonds. The second-order valence-corrected chi connectivity index (χ2v) is 5.32. The average molecular weight is 359 g/mol. The molecule has 0 saturated carbocycles. The van der Waals surface area contributed by atoms with E-state index in [0.717, 1.165) is 6.42 Å². The van der Waals surface area contributed by atoms with E-state index in [2.05, 4.69) is 20.6 Å². The first-order valence-electron chi connectivity index (χ1n) is 7.93. The third kappa shape index (κ3) is 4.38. The molecule has 1 aromatic heterocycles.